The van der Waals surface area contributed by atoms with Crippen LogP contribution in [-0.4, -0.2) is 58.0 Å². The lowest BCUT2D eigenvalue weighted by Crippen LogP contribution is -2.52. The van der Waals surface area contributed by atoms with Crippen molar-refractivity contribution < 1.29 is 18.4 Å². The van der Waals surface area contributed by atoms with Gasteiger partial charge in [-0.15, -0.1) is 0 Å². The molecule has 0 aliphatic carbocycles. The number of nitrogens with zero attached hydrogens (tertiary/aromatic N) is 3. The minimum Gasteiger partial charge on any atom is -0.459 e. The van der Waals surface area contributed by atoms with E-state index in [1.54, 1.807) is 28.1 Å². The number of thioether (sulfide) groups is 1. The van der Waals surface area contributed by atoms with E-state index in [1.807, 2.05) is 6.92 Å². The van der Waals surface area contributed by atoms with Gasteiger partial charge in [-0.05, 0) is 19.1 Å². The fourth-order valence-electron chi connectivity index (χ4n) is 2.41. The number of furan rings is 1. The average molecular weight is 335 g/mol. The summed E-state index contributed by atoms with van der Waals surface area (Å²) in [6.07, 6.45) is 4.52. The van der Waals surface area contributed by atoms with Crippen LogP contribution in [0, 0.1) is 0 Å². The second-order valence-electron chi connectivity index (χ2n) is 5.15. The third-order valence-corrected chi connectivity index (χ3v) is 4.60. The van der Waals surface area contributed by atoms with Crippen LogP contribution in [0.1, 0.15) is 17.5 Å². The number of oxazole rings is 1. The molecular weight excluding hydrogens is 318 g/mol. The molecule has 3 rings (SSSR count). The molecule has 1 atom stereocenters. The van der Waals surface area contributed by atoms with Crippen molar-refractivity contribution in [2.24, 2.45) is 0 Å². The molecule has 0 radical (unpaired) electrons. The molecule has 3 heterocycles. The van der Waals surface area contributed by atoms with E-state index in [2.05, 4.69) is 4.98 Å². The molecule has 1 fully saturated rings. The highest BCUT2D eigenvalue weighted by Gasteiger charge is 2.29. The van der Waals surface area contributed by atoms with Gasteiger partial charge in [-0.25, -0.2) is 4.98 Å². The van der Waals surface area contributed by atoms with Crippen LogP contribution in [0.3, 0.4) is 0 Å². The SMILES string of the molecule is CC(Sc1ncco1)C(=O)N1CCN(C(=O)c2ccco2)CC1. The van der Waals surface area contributed by atoms with E-state index < -0.39 is 0 Å². The van der Waals surface area contributed by atoms with Crippen molar-refractivity contribution in [2.45, 2.75) is 17.4 Å². The second-order valence-corrected chi connectivity index (χ2v) is 6.44. The molecular formula is C15H17N3O4S. The molecule has 0 saturated carbocycles. The van der Waals surface area contributed by atoms with E-state index in [4.69, 9.17) is 8.83 Å². The highest BCUT2D eigenvalue weighted by Crippen LogP contribution is 2.23. The average Bonchev–Trinajstić information content (AvgIpc) is 3.27. The number of hydrogen-bond acceptors (Lipinski definition) is 6. The van der Waals surface area contributed by atoms with Gasteiger partial charge in [-0.3, -0.25) is 9.59 Å². The molecule has 2 aromatic rings. The van der Waals surface area contributed by atoms with Crippen LogP contribution in [0.2, 0.25) is 0 Å². The quantitative estimate of drug-likeness (QED) is 0.792. The Labute approximate surface area is 137 Å². The summed E-state index contributed by atoms with van der Waals surface area (Å²) >= 11 is 1.29. The summed E-state index contributed by atoms with van der Waals surface area (Å²) in [5.41, 5.74) is 0. The van der Waals surface area contributed by atoms with Crippen LogP contribution in [0.5, 0.6) is 0 Å². The van der Waals surface area contributed by atoms with Gasteiger partial charge >= 0.3 is 0 Å². The molecule has 0 bridgehead atoms. The molecule has 1 aliphatic rings. The molecule has 0 aromatic carbocycles. The van der Waals surface area contributed by atoms with Crippen LogP contribution >= 0.6 is 11.8 Å². The van der Waals surface area contributed by atoms with E-state index in [-0.39, 0.29) is 17.1 Å². The third-order valence-electron chi connectivity index (χ3n) is 3.65. The number of piperazine rings is 1. The Bertz CT molecular complexity index is 648. The third kappa shape index (κ3) is 3.58. The summed E-state index contributed by atoms with van der Waals surface area (Å²) in [6, 6.07) is 3.34. The predicted octanol–water partition coefficient (Wildman–Crippen LogP) is 1.73. The normalized spacial score (nSPS) is 16.4. The van der Waals surface area contributed by atoms with Crippen molar-refractivity contribution in [2.75, 3.05) is 26.2 Å². The summed E-state index contributed by atoms with van der Waals surface area (Å²) in [5, 5.41) is 0.207. The van der Waals surface area contributed by atoms with Crippen LogP contribution < -0.4 is 0 Å². The van der Waals surface area contributed by atoms with E-state index in [0.717, 1.165) is 0 Å². The maximum absolute atomic E-state index is 12.4. The Hall–Kier alpha value is -2.22. The van der Waals surface area contributed by atoms with Gasteiger partial charge in [0.1, 0.15) is 6.26 Å². The molecule has 8 heteroatoms. The fourth-order valence-corrected chi connectivity index (χ4v) is 3.20. The molecule has 0 spiro atoms. The van der Waals surface area contributed by atoms with Crippen molar-refractivity contribution in [1.82, 2.24) is 14.8 Å². The van der Waals surface area contributed by atoms with Crippen LogP contribution in [0.4, 0.5) is 0 Å². The molecule has 2 amide bonds. The smallest absolute Gasteiger partial charge is 0.289 e. The van der Waals surface area contributed by atoms with E-state index in [1.165, 1.54) is 24.3 Å². The van der Waals surface area contributed by atoms with Crippen molar-refractivity contribution in [1.29, 1.82) is 0 Å². The molecule has 23 heavy (non-hydrogen) atoms. The summed E-state index contributed by atoms with van der Waals surface area (Å²) in [6.45, 7) is 3.87. The van der Waals surface area contributed by atoms with E-state index in [9.17, 15) is 9.59 Å². The van der Waals surface area contributed by atoms with Crippen LogP contribution in [-0.2, 0) is 4.79 Å². The predicted molar refractivity (Wildman–Crippen MR) is 83.0 cm³/mol. The highest BCUT2D eigenvalue weighted by atomic mass is 32.2. The zero-order chi connectivity index (χ0) is 16.2. The maximum atomic E-state index is 12.4. The minimum atomic E-state index is -0.277. The highest BCUT2D eigenvalue weighted by molar-refractivity contribution is 8.00. The van der Waals surface area contributed by atoms with Crippen LogP contribution in [0.25, 0.3) is 0 Å². The van der Waals surface area contributed by atoms with Gasteiger partial charge in [0, 0.05) is 26.2 Å². The van der Waals surface area contributed by atoms with Crippen LogP contribution in [0.15, 0.2) is 44.9 Å². The Balaban J connectivity index is 1.52. The van der Waals surface area contributed by atoms with Gasteiger partial charge in [0.2, 0.25) is 5.91 Å². The molecule has 1 unspecified atom stereocenters. The van der Waals surface area contributed by atoms with E-state index in [0.29, 0.717) is 37.2 Å². The summed E-state index contributed by atoms with van der Waals surface area (Å²) in [7, 11) is 0. The van der Waals surface area contributed by atoms with Gasteiger partial charge in [-0.2, -0.15) is 0 Å². The first-order valence-corrected chi connectivity index (χ1v) is 8.21. The number of carbonyl (C=O) groups is 2. The first-order valence-electron chi connectivity index (χ1n) is 7.33. The van der Waals surface area contributed by atoms with Crippen molar-refractivity contribution in [3.05, 3.63) is 36.6 Å². The number of hydrogen-bond donors (Lipinski definition) is 0. The number of amides is 2. The lowest BCUT2D eigenvalue weighted by molar-refractivity contribution is -0.131. The van der Waals surface area contributed by atoms with Gasteiger partial charge in [0.15, 0.2) is 5.76 Å². The van der Waals surface area contributed by atoms with Gasteiger partial charge in [0.05, 0.1) is 17.7 Å². The molecule has 1 saturated heterocycles. The Morgan fingerprint density at radius 3 is 2.52 bits per heavy atom. The summed E-state index contributed by atoms with van der Waals surface area (Å²) < 4.78 is 10.3. The summed E-state index contributed by atoms with van der Waals surface area (Å²) in [5.74, 6) is 0.222. The Morgan fingerprint density at radius 2 is 1.91 bits per heavy atom. The summed E-state index contributed by atoms with van der Waals surface area (Å²) in [4.78, 5) is 32.1. The second kappa shape index (κ2) is 6.91. The van der Waals surface area contributed by atoms with Crippen molar-refractivity contribution >= 4 is 23.6 Å². The first-order chi connectivity index (χ1) is 11.1. The van der Waals surface area contributed by atoms with Crippen molar-refractivity contribution in [3.8, 4) is 0 Å². The number of rotatable bonds is 4. The number of carbonyl (C=O) groups excluding carboxylic acids is 2. The molecule has 7 nitrogen and oxygen atoms in total. The molecule has 2 aromatic heterocycles. The zero-order valence-electron chi connectivity index (χ0n) is 12.7. The van der Waals surface area contributed by atoms with E-state index >= 15 is 0 Å². The monoisotopic (exact) mass is 335 g/mol. The van der Waals surface area contributed by atoms with Gasteiger partial charge < -0.3 is 18.6 Å². The molecule has 1 aliphatic heterocycles. The molecule has 0 N–H and O–H groups in total. The standard InChI is InChI=1S/C15H17N3O4S/c1-11(23-15-16-4-10-22-15)13(19)17-5-7-18(8-6-17)14(20)12-3-2-9-21-12/h2-4,9-11H,5-8H2,1H3. The number of aromatic nitrogens is 1. The topological polar surface area (TPSA) is 79.8 Å². The first kappa shape index (κ1) is 15.7. The Kier molecular flexibility index (Phi) is 4.71. The minimum absolute atomic E-state index is 0.0262. The maximum Gasteiger partial charge on any atom is 0.289 e. The lowest BCUT2D eigenvalue weighted by Gasteiger charge is -2.35. The fraction of sp³-hybridized carbons (Fsp3) is 0.400. The largest absolute Gasteiger partial charge is 0.459 e. The van der Waals surface area contributed by atoms with Gasteiger partial charge in [-0.1, -0.05) is 11.8 Å². The lowest BCUT2D eigenvalue weighted by atomic mass is 10.2. The van der Waals surface area contributed by atoms with Crippen molar-refractivity contribution in [3.63, 3.8) is 0 Å². The van der Waals surface area contributed by atoms with Gasteiger partial charge in [0.25, 0.3) is 11.1 Å². The Morgan fingerprint density at radius 1 is 1.17 bits per heavy atom. The zero-order valence-corrected chi connectivity index (χ0v) is 13.5. The molecule has 122 valence electrons.